The second-order valence-electron chi connectivity index (χ2n) is 7.81. The first-order valence-corrected chi connectivity index (χ1v) is 10.2. The molecule has 0 spiro atoms. The van der Waals surface area contributed by atoms with Gasteiger partial charge in [-0.15, -0.1) is 0 Å². The highest BCUT2D eigenvalue weighted by molar-refractivity contribution is 6.42. The molecule has 1 aromatic heterocycles. The summed E-state index contributed by atoms with van der Waals surface area (Å²) in [6, 6.07) is 3.89. The second kappa shape index (κ2) is 7.06. The summed E-state index contributed by atoms with van der Waals surface area (Å²) < 4.78 is 2.34. The number of phenols is 1. The lowest BCUT2D eigenvalue weighted by molar-refractivity contribution is 0.169. The summed E-state index contributed by atoms with van der Waals surface area (Å²) in [7, 11) is 0. The summed E-state index contributed by atoms with van der Waals surface area (Å²) in [5, 5.41) is 11.3. The fourth-order valence-electron chi connectivity index (χ4n) is 4.48. The molecule has 4 nitrogen and oxygen atoms in total. The van der Waals surface area contributed by atoms with E-state index in [2.05, 4.69) is 34.5 Å². The maximum atomic E-state index is 10.3. The Bertz CT molecular complexity index is 810. The fraction of sp³-hybridized carbons (Fsp3) is 0.550. The van der Waals surface area contributed by atoms with Crippen LogP contribution >= 0.6 is 23.2 Å². The highest BCUT2D eigenvalue weighted by Gasteiger charge is 2.33. The molecule has 1 saturated heterocycles. The van der Waals surface area contributed by atoms with E-state index in [-0.39, 0.29) is 11.7 Å². The molecule has 0 saturated carbocycles. The standard InChI is InChI=1S/C20H25Cl2N3O/c1-12(2)24-7-5-13(6-8-24)16-10-23-18-9-14(11-25(16)18)19-17(26)4-3-15(21)20(19)22/h3-4,10,12-14,26H,5-9,11H2,1-2H3/t14-/m1/s1. The molecule has 1 aromatic carbocycles. The molecule has 0 bridgehead atoms. The molecule has 1 atom stereocenters. The van der Waals surface area contributed by atoms with E-state index >= 15 is 0 Å². The number of aromatic hydroxyl groups is 1. The van der Waals surface area contributed by atoms with Crippen molar-refractivity contribution in [1.29, 1.82) is 0 Å². The summed E-state index contributed by atoms with van der Waals surface area (Å²) >= 11 is 12.6. The van der Waals surface area contributed by atoms with Crippen LogP contribution in [0.1, 0.15) is 55.6 Å². The highest BCUT2D eigenvalue weighted by Crippen LogP contribution is 2.43. The molecule has 0 radical (unpaired) electrons. The zero-order valence-corrected chi connectivity index (χ0v) is 16.8. The lowest BCUT2D eigenvalue weighted by Gasteiger charge is -2.34. The van der Waals surface area contributed by atoms with Crippen molar-refractivity contribution < 1.29 is 5.11 Å². The lowest BCUT2D eigenvalue weighted by Crippen LogP contribution is -2.38. The van der Waals surface area contributed by atoms with Gasteiger partial charge in [0.15, 0.2) is 0 Å². The molecule has 2 aromatic rings. The van der Waals surface area contributed by atoms with E-state index in [0.29, 0.717) is 22.0 Å². The minimum atomic E-state index is 0.124. The number of hydrogen-bond acceptors (Lipinski definition) is 3. The molecule has 4 rings (SSSR count). The van der Waals surface area contributed by atoms with Crippen molar-refractivity contribution in [2.24, 2.45) is 0 Å². The van der Waals surface area contributed by atoms with Crippen molar-refractivity contribution >= 4 is 23.2 Å². The number of benzene rings is 1. The van der Waals surface area contributed by atoms with Gasteiger partial charge in [0, 0.05) is 48.3 Å². The minimum Gasteiger partial charge on any atom is -0.508 e. The third-order valence-electron chi connectivity index (χ3n) is 6.00. The Labute approximate surface area is 164 Å². The number of likely N-dealkylation sites (tertiary alicyclic amines) is 1. The average Bonchev–Trinajstić information content (AvgIpc) is 3.19. The number of nitrogens with zero attached hydrogens (tertiary/aromatic N) is 3. The van der Waals surface area contributed by atoms with Crippen LogP contribution in [-0.2, 0) is 13.0 Å². The van der Waals surface area contributed by atoms with Gasteiger partial charge < -0.3 is 14.6 Å². The Morgan fingerprint density at radius 1 is 1.15 bits per heavy atom. The third-order valence-corrected chi connectivity index (χ3v) is 6.82. The largest absolute Gasteiger partial charge is 0.508 e. The van der Waals surface area contributed by atoms with Crippen LogP contribution in [0.4, 0.5) is 0 Å². The van der Waals surface area contributed by atoms with Crippen LogP contribution in [0.25, 0.3) is 0 Å². The van der Waals surface area contributed by atoms with Crippen LogP contribution in [0.3, 0.4) is 0 Å². The monoisotopic (exact) mass is 393 g/mol. The van der Waals surface area contributed by atoms with Crippen LogP contribution in [-0.4, -0.2) is 38.7 Å². The Morgan fingerprint density at radius 2 is 1.88 bits per heavy atom. The number of piperidine rings is 1. The Balaban J connectivity index is 1.54. The van der Waals surface area contributed by atoms with Crippen molar-refractivity contribution in [3.05, 3.63) is 45.5 Å². The first kappa shape index (κ1) is 18.1. The average molecular weight is 394 g/mol. The molecule has 140 valence electrons. The Kier molecular flexibility index (Phi) is 4.93. The molecule has 0 amide bonds. The van der Waals surface area contributed by atoms with Crippen LogP contribution in [0.2, 0.25) is 10.0 Å². The van der Waals surface area contributed by atoms with Gasteiger partial charge in [0.25, 0.3) is 0 Å². The van der Waals surface area contributed by atoms with Gasteiger partial charge >= 0.3 is 0 Å². The topological polar surface area (TPSA) is 41.3 Å². The Hall–Kier alpha value is -1.23. The molecule has 26 heavy (non-hydrogen) atoms. The SMILES string of the molecule is CC(C)N1CCC(c2cnc3n2C[C@H](c2c(O)ccc(Cl)c2Cl)C3)CC1. The zero-order valence-electron chi connectivity index (χ0n) is 15.3. The normalized spacial score (nSPS) is 21.5. The summed E-state index contributed by atoms with van der Waals surface area (Å²) in [5.74, 6) is 2.00. The van der Waals surface area contributed by atoms with Gasteiger partial charge in [-0.3, -0.25) is 0 Å². The molecular weight excluding hydrogens is 369 g/mol. The molecule has 2 aliphatic rings. The first-order chi connectivity index (χ1) is 12.5. The van der Waals surface area contributed by atoms with Gasteiger partial charge in [-0.2, -0.15) is 0 Å². The molecule has 1 fully saturated rings. The van der Waals surface area contributed by atoms with Gasteiger partial charge in [0.1, 0.15) is 11.6 Å². The van der Waals surface area contributed by atoms with E-state index in [1.165, 1.54) is 18.5 Å². The van der Waals surface area contributed by atoms with Crippen molar-refractivity contribution in [2.75, 3.05) is 13.1 Å². The molecule has 2 aliphatic heterocycles. The van der Waals surface area contributed by atoms with Gasteiger partial charge in [-0.1, -0.05) is 23.2 Å². The number of fused-ring (bicyclic) bond motifs is 1. The van der Waals surface area contributed by atoms with E-state index in [9.17, 15) is 5.11 Å². The molecule has 3 heterocycles. The second-order valence-corrected chi connectivity index (χ2v) is 8.59. The van der Waals surface area contributed by atoms with Crippen molar-refractivity contribution in [2.45, 2.75) is 57.5 Å². The quantitative estimate of drug-likeness (QED) is 0.811. The van der Waals surface area contributed by atoms with Crippen molar-refractivity contribution in [3.8, 4) is 5.75 Å². The summed E-state index contributed by atoms with van der Waals surface area (Å²) in [6.45, 7) is 7.63. The van der Waals surface area contributed by atoms with E-state index < -0.39 is 0 Å². The van der Waals surface area contributed by atoms with E-state index in [1.807, 2.05) is 0 Å². The fourth-order valence-corrected chi connectivity index (χ4v) is 4.96. The molecule has 0 aliphatic carbocycles. The Morgan fingerprint density at radius 3 is 2.58 bits per heavy atom. The zero-order chi connectivity index (χ0) is 18.4. The predicted octanol–water partition coefficient (Wildman–Crippen LogP) is 4.82. The van der Waals surface area contributed by atoms with E-state index in [1.54, 1.807) is 12.1 Å². The first-order valence-electron chi connectivity index (χ1n) is 9.41. The van der Waals surface area contributed by atoms with Gasteiger partial charge in [-0.25, -0.2) is 4.98 Å². The number of halogens is 2. The van der Waals surface area contributed by atoms with Crippen LogP contribution in [0.5, 0.6) is 5.75 Å². The minimum absolute atomic E-state index is 0.124. The van der Waals surface area contributed by atoms with Crippen molar-refractivity contribution in [1.82, 2.24) is 14.5 Å². The number of hydrogen-bond donors (Lipinski definition) is 1. The molecule has 6 heteroatoms. The number of phenolic OH excluding ortho intramolecular Hbond substituents is 1. The molecule has 0 unspecified atom stereocenters. The summed E-state index contributed by atoms with van der Waals surface area (Å²) in [6.07, 6.45) is 5.20. The van der Waals surface area contributed by atoms with Gasteiger partial charge in [0.2, 0.25) is 0 Å². The maximum absolute atomic E-state index is 10.3. The number of aromatic nitrogens is 2. The maximum Gasteiger partial charge on any atom is 0.120 e. The van der Waals surface area contributed by atoms with Crippen molar-refractivity contribution in [3.63, 3.8) is 0 Å². The number of imidazole rings is 1. The molecular formula is C20H25Cl2N3O. The highest BCUT2D eigenvalue weighted by atomic mass is 35.5. The van der Waals surface area contributed by atoms with Crippen LogP contribution in [0.15, 0.2) is 18.3 Å². The van der Waals surface area contributed by atoms with Crippen LogP contribution in [0, 0.1) is 0 Å². The lowest BCUT2D eigenvalue weighted by atomic mass is 9.92. The van der Waals surface area contributed by atoms with Gasteiger partial charge in [-0.05, 0) is 51.9 Å². The summed E-state index contributed by atoms with van der Waals surface area (Å²) in [4.78, 5) is 7.22. The predicted molar refractivity (Wildman–Crippen MR) is 105 cm³/mol. The smallest absolute Gasteiger partial charge is 0.120 e. The molecule has 1 N–H and O–H groups in total. The third kappa shape index (κ3) is 3.12. The van der Waals surface area contributed by atoms with E-state index in [0.717, 1.165) is 37.4 Å². The number of rotatable bonds is 3. The van der Waals surface area contributed by atoms with E-state index in [4.69, 9.17) is 23.2 Å². The summed E-state index contributed by atoms with van der Waals surface area (Å²) in [5.41, 5.74) is 2.09. The van der Waals surface area contributed by atoms with Crippen LogP contribution < -0.4 is 0 Å². The van der Waals surface area contributed by atoms with Gasteiger partial charge in [0.05, 0.1) is 10.0 Å².